The second-order valence-corrected chi connectivity index (χ2v) is 13.0. The monoisotopic (exact) mass is 659 g/mol. The van der Waals surface area contributed by atoms with Gasteiger partial charge in [0.05, 0.1) is 16.3 Å². The van der Waals surface area contributed by atoms with Crippen molar-refractivity contribution < 1.29 is 34.4 Å². The normalized spacial score (nSPS) is 14.0. The Labute approximate surface area is 232 Å². The Morgan fingerprint density at radius 1 is 1.19 bits per heavy atom. The maximum absolute atomic E-state index is 11.5. The zero-order valence-electron chi connectivity index (χ0n) is 20.0. The molecule has 0 unspecified atom stereocenters. The standard InChI is InChI=1S/C25H26Cl2IN4O3S/c1-25(2,19-12-17(15-29)24(22(27)13-19)30-11-9-26)18-4-6-21(7-5-18)35-16-20-8-10-28-14-23(31-20)32-36(3,33)34/h4-8,10,12-14,30,32H,9,11,16H2,1-3H3/q-1. The minimum absolute atomic E-state index is 0.198. The van der Waals surface area contributed by atoms with Crippen LogP contribution in [0.1, 0.15) is 30.5 Å². The summed E-state index contributed by atoms with van der Waals surface area (Å²) in [5.74, 6) is 1.39. The molecule has 0 radical (unpaired) electrons. The van der Waals surface area contributed by atoms with Crippen LogP contribution in [-0.4, -0.2) is 39.4 Å². The number of aliphatic imine (C=N–C) groups is 1. The second kappa shape index (κ2) is 12.3. The van der Waals surface area contributed by atoms with E-state index < -0.39 is 36.6 Å². The number of nitriles is 1. The molecule has 0 bridgehead atoms. The van der Waals surface area contributed by atoms with Crippen molar-refractivity contribution in [3.8, 4) is 11.8 Å². The van der Waals surface area contributed by atoms with Crippen LogP contribution in [-0.2, 0) is 15.4 Å². The van der Waals surface area contributed by atoms with Gasteiger partial charge < -0.3 is 5.32 Å². The molecule has 0 atom stereocenters. The molecule has 1 aliphatic heterocycles. The van der Waals surface area contributed by atoms with E-state index in [4.69, 9.17) is 27.9 Å². The maximum atomic E-state index is 11.5. The quantitative estimate of drug-likeness (QED) is 0.300. The molecule has 0 spiro atoms. The number of rotatable bonds is 10. The van der Waals surface area contributed by atoms with E-state index in [2.05, 4.69) is 34.9 Å². The van der Waals surface area contributed by atoms with Gasteiger partial charge in [0.2, 0.25) is 0 Å². The van der Waals surface area contributed by atoms with E-state index in [1.54, 1.807) is 0 Å². The molecule has 0 aromatic heterocycles. The van der Waals surface area contributed by atoms with Crippen molar-refractivity contribution in [2.24, 2.45) is 4.99 Å². The van der Waals surface area contributed by atoms with Crippen molar-refractivity contribution in [3.05, 3.63) is 78.2 Å². The third-order valence-electron chi connectivity index (χ3n) is 5.34. The molecular weight excluding hydrogens is 634 g/mol. The Bertz CT molecular complexity index is 1350. The third-order valence-corrected chi connectivity index (χ3v) is 8.13. The number of hydrogen-bond acceptors (Lipinski definition) is 6. The Morgan fingerprint density at radius 2 is 1.92 bits per heavy atom. The fourth-order valence-corrected chi connectivity index (χ4v) is 5.98. The number of halogens is 3. The van der Waals surface area contributed by atoms with Crippen LogP contribution in [0.3, 0.4) is 0 Å². The molecule has 0 fully saturated rings. The summed E-state index contributed by atoms with van der Waals surface area (Å²) in [7, 11) is -3.40. The zero-order chi connectivity index (χ0) is 26.3. The first-order valence-electron chi connectivity index (χ1n) is 10.8. The molecule has 2 aromatic carbocycles. The van der Waals surface area contributed by atoms with Crippen LogP contribution < -0.4 is 36.0 Å². The van der Waals surface area contributed by atoms with Crippen LogP contribution in [0.5, 0.6) is 5.75 Å². The minimum atomic E-state index is -3.40. The van der Waals surface area contributed by atoms with Crippen LogP contribution in [0.15, 0.2) is 61.5 Å². The summed E-state index contributed by atoms with van der Waals surface area (Å²) in [6, 6.07) is 13.6. The Hall–Kier alpha value is -2.26. The molecule has 7 nitrogen and oxygen atoms in total. The average Bonchev–Trinajstić information content (AvgIpc) is 3.05. The Morgan fingerprint density at radius 3 is 2.56 bits per heavy atom. The number of hydrogen-bond donors (Lipinski definition) is 2. The van der Waals surface area contributed by atoms with Gasteiger partial charge >= 0.3 is 165 Å². The van der Waals surface area contributed by atoms with Crippen molar-refractivity contribution in [1.29, 1.82) is 5.26 Å². The number of nitrogens with zero attached hydrogens (tertiary/aromatic N) is 2. The van der Waals surface area contributed by atoms with Gasteiger partial charge in [-0.2, -0.15) is 5.26 Å². The first kappa shape index (κ1) is 28.3. The molecule has 36 heavy (non-hydrogen) atoms. The van der Waals surface area contributed by atoms with Gasteiger partial charge in [0.1, 0.15) is 6.07 Å². The van der Waals surface area contributed by atoms with Crippen molar-refractivity contribution in [3.63, 3.8) is 0 Å². The van der Waals surface area contributed by atoms with Gasteiger partial charge in [0.25, 0.3) is 0 Å². The number of anilines is 1. The second-order valence-electron chi connectivity index (χ2n) is 8.44. The molecule has 0 saturated heterocycles. The van der Waals surface area contributed by atoms with Gasteiger partial charge in [0, 0.05) is 12.4 Å². The smallest absolute Gasteiger partial charge is 0.382 e. The van der Waals surface area contributed by atoms with Crippen LogP contribution in [0.4, 0.5) is 5.69 Å². The van der Waals surface area contributed by atoms with Crippen LogP contribution in [0.25, 0.3) is 0 Å². The van der Waals surface area contributed by atoms with Gasteiger partial charge in [-0.05, 0) is 0 Å². The number of ether oxygens (including phenoxy) is 1. The van der Waals surface area contributed by atoms with Gasteiger partial charge in [-0.15, -0.1) is 11.6 Å². The molecule has 0 aliphatic carbocycles. The molecule has 11 heteroatoms. The summed E-state index contributed by atoms with van der Waals surface area (Å²) in [4.78, 5) is 4.37. The summed E-state index contributed by atoms with van der Waals surface area (Å²) in [6.07, 6.45) is 2.96. The van der Waals surface area contributed by atoms with E-state index in [1.807, 2.05) is 50.6 Å². The van der Waals surface area contributed by atoms with Gasteiger partial charge in [-0.1, -0.05) is 11.6 Å². The summed E-state index contributed by atoms with van der Waals surface area (Å²) in [6.45, 7) is 4.84. The van der Waals surface area contributed by atoms with Crippen molar-refractivity contribution in [2.75, 3.05) is 30.6 Å². The predicted molar refractivity (Wildman–Crippen MR) is 142 cm³/mol. The van der Waals surface area contributed by atoms with E-state index >= 15 is 0 Å². The van der Waals surface area contributed by atoms with Crippen molar-refractivity contribution in [2.45, 2.75) is 19.3 Å². The molecule has 1 heterocycles. The van der Waals surface area contributed by atoms with Gasteiger partial charge in [-0.25, -0.2) is 0 Å². The summed E-state index contributed by atoms with van der Waals surface area (Å²) < 4.78 is 35.2. The summed E-state index contributed by atoms with van der Waals surface area (Å²) in [5, 5.41) is 13.2. The number of alkyl halides is 1. The molecule has 0 saturated carbocycles. The number of benzene rings is 2. The molecule has 2 N–H and O–H groups in total. The fraction of sp³-hybridized carbons (Fsp3) is 0.280. The molecular formula is C25H26Cl2IN4O3S-. The van der Waals surface area contributed by atoms with E-state index in [-0.39, 0.29) is 6.61 Å². The topological polar surface area (TPSA) is 104 Å². The average molecular weight is 660 g/mol. The van der Waals surface area contributed by atoms with Gasteiger partial charge in [-0.3, -0.25) is 0 Å². The van der Waals surface area contributed by atoms with E-state index in [0.717, 1.165) is 17.4 Å². The molecule has 0 amide bonds. The number of nitrogens with one attached hydrogen (secondary N) is 2. The third kappa shape index (κ3) is 7.62. The van der Waals surface area contributed by atoms with Crippen LogP contribution in [0, 0.1) is 11.3 Å². The number of sulfonamides is 1. The van der Waals surface area contributed by atoms with E-state index in [1.165, 1.54) is 0 Å². The van der Waals surface area contributed by atoms with Crippen molar-refractivity contribution in [1.82, 2.24) is 4.72 Å². The zero-order valence-corrected chi connectivity index (χ0v) is 24.5. The summed E-state index contributed by atoms with van der Waals surface area (Å²) >= 11 is 11.8. The fourth-order valence-electron chi connectivity index (χ4n) is 3.44. The summed E-state index contributed by atoms with van der Waals surface area (Å²) in [5.41, 5.74) is 3.19. The van der Waals surface area contributed by atoms with E-state index in [9.17, 15) is 13.7 Å². The molecule has 2 aromatic rings. The van der Waals surface area contributed by atoms with Crippen LogP contribution in [0.2, 0.25) is 5.02 Å². The first-order valence-corrected chi connectivity index (χ1v) is 16.1. The predicted octanol–water partition coefficient (Wildman–Crippen LogP) is 1.97. The Balaban J connectivity index is 1.75. The molecule has 3 rings (SSSR count). The van der Waals surface area contributed by atoms with E-state index in [0.29, 0.717) is 46.0 Å². The molecule has 192 valence electrons. The van der Waals surface area contributed by atoms with Crippen LogP contribution >= 0.6 is 23.2 Å². The Kier molecular flexibility index (Phi) is 9.69. The minimum Gasteiger partial charge on any atom is -0.382 e. The van der Waals surface area contributed by atoms with Gasteiger partial charge in [0.15, 0.2) is 0 Å². The molecule has 1 aliphatic rings. The van der Waals surface area contributed by atoms with Crippen molar-refractivity contribution >= 4 is 44.6 Å². The SMILES string of the molecule is CC(C)(c1ccc(OCC2=NC(NS(C)(=O)=O)=C[I-]C=C2)cc1)c1cc(Cl)c(NCCCl)c(C#N)c1. The first-order chi connectivity index (χ1) is 17.0.